The summed E-state index contributed by atoms with van der Waals surface area (Å²) in [6.45, 7) is 6.17. The molecule has 5 aromatic rings. The number of carbonyl (C=O) groups excluding carboxylic acids is 1. The summed E-state index contributed by atoms with van der Waals surface area (Å²) in [6, 6.07) is 19.0. The molecule has 45 heavy (non-hydrogen) atoms. The number of nitrogens with one attached hydrogen (secondary N) is 2. The lowest BCUT2D eigenvalue weighted by Crippen LogP contribution is -2.29. The highest BCUT2D eigenvalue weighted by atomic mass is 35.5. The van der Waals surface area contributed by atoms with E-state index >= 15 is 0 Å². The van der Waals surface area contributed by atoms with Crippen LogP contribution in [-0.2, 0) is 13.1 Å². The molecule has 6 rings (SSSR count). The van der Waals surface area contributed by atoms with E-state index in [0.29, 0.717) is 40.3 Å². The number of amides is 1. The van der Waals surface area contributed by atoms with Crippen LogP contribution in [0.1, 0.15) is 46.4 Å². The van der Waals surface area contributed by atoms with Crippen molar-refractivity contribution in [3.63, 3.8) is 0 Å². The number of hydrogen-bond acceptors (Lipinski definition) is 7. The molecule has 3 N–H and O–H groups in total. The molecule has 10 heteroatoms. The summed E-state index contributed by atoms with van der Waals surface area (Å²) >= 11 is 13.6. The zero-order valence-electron chi connectivity index (χ0n) is 25.1. The number of aliphatic hydroxyl groups excluding tert-OH is 1. The topological polar surface area (TPSA) is 104 Å². The van der Waals surface area contributed by atoms with Gasteiger partial charge in [-0.3, -0.25) is 14.7 Å². The van der Waals surface area contributed by atoms with Crippen LogP contribution >= 0.6 is 23.2 Å². The number of anilines is 1. The van der Waals surface area contributed by atoms with Crippen LogP contribution in [0.2, 0.25) is 10.0 Å². The maximum absolute atomic E-state index is 13.0. The van der Waals surface area contributed by atoms with E-state index in [2.05, 4.69) is 26.6 Å². The van der Waals surface area contributed by atoms with Gasteiger partial charge in [0.1, 0.15) is 11.2 Å². The normalized spacial score (nSPS) is 13.8. The van der Waals surface area contributed by atoms with Crippen molar-refractivity contribution in [3.05, 3.63) is 99.3 Å². The second-order valence-corrected chi connectivity index (χ2v) is 12.1. The van der Waals surface area contributed by atoms with E-state index in [0.717, 1.165) is 58.5 Å². The molecule has 0 aliphatic carbocycles. The Kier molecular flexibility index (Phi) is 9.78. The molecular weight excluding hydrogens is 609 g/mol. The molecular formula is C35H35Cl2N5O3. The quantitative estimate of drug-likeness (QED) is 0.135. The van der Waals surface area contributed by atoms with Crippen molar-refractivity contribution in [2.75, 3.05) is 31.6 Å². The summed E-state index contributed by atoms with van der Waals surface area (Å²) in [7, 11) is 0. The zero-order valence-corrected chi connectivity index (χ0v) is 26.6. The van der Waals surface area contributed by atoms with E-state index < -0.39 is 0 Å². The van der Waals surface area contributed by atoms with Gasteiger partial charge in [0.2, 0.25) is 5.89 Å². The number of piperidine rings is 1. The Balaban J connectivity index is 1.24. The van der Waals surface area contributed by atoms with Crippen molar-refractivity contribution < 1.29 is 14.3 Å². The van der Waals surface area contributed by atoms with Gasteiger partial charge in [0.05, 0.1) is 22.3 Å². The first-order chi connectivity index (χ1) is 21.9. The maximum atomic E-state index is 13.0. The number of carbonyl (C=O) groups is 1. The molecule has 3 aromatic carbocycles. The van der Waals surface area contributed by atoms with Gasteiger partial charge in [0.15, 0.2) is 5.58 Å². The lowest BCUT2D eigenvalue weighted by atomic mass is 9.96. The van der Waals surface area contributed by atoms with Gasteiger partial charge in [-0.25, -0.2) is 4.98 Å². The second-order valence-electron chi connectivity index (χ2n) is 11.3. The predicted molar refractivity (Wildman–Crippen MR) is 180 cm³/mol. The second kappa shape index (κ2) is 14.1. The molecule has 1 fully saturated rings. The Labute approximate surface area is 272 Å². The first-order valence-electron chi connectivity index (χ1n) is 15.2. The standard InChI is InChI=1S/C35H35Cl2N5O3/c1-22-25(27-9-6-10-29(32(27)37)40-34(44)30-12-11-23(20-39-30)19-38-13-16-43)7-5-8-26(22)35-41-31-18-24(17-28(36)33(31)45-35)21-42-14-3-2-4-15-42/h5-12,17-18,20,38,43H,2-4,13-16,19,21H2,1H3,(H,40,44). The minimum absolute atomic E-state index is 0.0586. The molecule has 0 radical (unpaired) electrons. The molecule has 0 atom stereocenters. The molecule has 8 nitrogen and oxygen atoms in total. The summed E-state index contributed by atoms with van der Waals surface area (Å²) in [5.74, 6) is 0.125. The minimum atomic E-state index is -0.364. The molecule has 1 saturated heterocycles. The first-order valence-corrected chi connectivity index (χ1v) is 15.9. The van der Waals surface area contributed by atoms with E-state index in [1.807, 2.05) is 49.4 Å². The highest BCUT2D eigenvalue weighted by Gasteiger charge is 2.20. The summed E-state index contributed by atoms with van der Waals surface area (Å²) in [5.41, 5.74) is 7.54. The van der Waals surface area contributed by atoms with Crippen molar-refractivity contribution in [2.24, 2.45) is 0 Å². The summed E-state index contributed by atoms with van der Waals surface area (Å²) in [4.78, 5) is 24.6. The number of likely N-dealkylation sites (tertiary alicyclic amines) is 1. The Bertz CT molecular complexity index is 1820. The van der Waals surface area contributed by atoms with Crippen LogP contribution in [-0.4, -0.2) is 52.1 Å². The van der Waals surface area contributed by atoms with Crippen molar-refractivity contribution in [3.8, 4) is 22.6 Å². The largest absolute Gasteiger partial charge is 0.434 e. The molecule has 1 amide bonds. The van der Waals surface area contributed by atoms with Crippen LogP contribution in [0.3, 0.4) is 0 Å². The van der Waals surface area contributed by atoms with Gasteiger partial charge in [0.25, 0.3) is 5.91 Å². The number of rotatable bonds is 10. The number of halogens is 2. The summed E-state index contributed by atoms with van der Waals surface area (Å²) in [6.07, 6.45) is 5.40. The first kappa shape index (κ1) is 31.2. The van der Waals surface area contributed by atoms with E-state index in [4.69, 9.17) is 37.7 Å². The maximum Gasteiger partial charge on any atom is 0.274 e. The molecule has 2 aromatic heterocycles. The molecule has 0 bridgehead atoms. The highest BCUT2D eigenvalue weighted by molar-refractivity contribution is 6.36. The van der Waals surface area contributed by atoms with Gasteiger partial charge in [-0.15, -0.1) is 0 Å². The Hall–Kier alpha value is -3.79. The summed E-state index contributed by atoms with van der Waals surface area (Å²) < 4.78 is 6.22. The molecule has 0 unspecified atom stereocenters. The van der Waals surface area contributed by atoms with Crippen LogP contribution in [0.15, 0.2) is 71.3 Å². The van der Waals surface area contributed by atoms with Crippen molar-refractivity contribution in [2.45, 2.75) is 39.3 Å². The Morgan fingerprint density at radius 3 is 2.53 bits per heavy atom. The number of aromatic nitrogens is 2. The van der Waals surface area contributed by atoms with Gasteiger partial charge in [-0.2, -0.15) is 0 Å². The number of nitrogens with zero attached hydrogens (tertiary/aromatic N) is 3. The molecule has 1 aliphatic heterocycles. The zero-order chi connectivity index (χ0) is 31.3. The minimum Gasteiger partial charge on any atom is -0.434 e. The Morgan fingerprint density at radius 1 is 0.978 bits per heavy atom. The van der Waals surface area contributed by atoms with Gasteiger partial charge in [-0.1, -0.05) is 60.0 Å². The van der Waals surface area contributed by atoms with E-state index in [1.54, 1.807) is 18.3 Å². The number of aliphatic hydroxyl groups is 1. The fraction of sp³-hybridized carbons (Fsp3) is 0.286. The fourth-order valence-electron chi connectivity index (χ4n) is 5.79. The number of hydrogen-bond donors (Lipinski definition) is 3. The van der Waals surface area contributed by atoms with Gasteiger partial charge < -0.3 is 20.2 Å². The third kappa shape index (κ3) is 7.06. The predicted octanol–water partition coefficient (Wildman–Crippen LogP) is 7.49. The van der Waals surface area contributed by atoms with Crippen molar-refractivity contribution in [1.29, 1.82) is 0 Å². The van der Waals surface area contributed by atoms with Gasteiger partial charge in [-0.05, 0) is 85.4 Å². The Morgan fingerprint density at radius 2 is 1.76 bits per heavy atom. The van der Waals surface area contributed by atoms with Crippen LogP contribution in [0.4, 0.5) is 5.69 Å². The van der Waals surface area contributed by atoms with Gasteiger partial charge >= 0.3 is 0 Å². The van der Waals surface area contributed by atoms with Crippen molar-refractivity contribution in [1.82, 2.24) is 20.2 Å². The van der Waals surface area contributed by atoms with Crippen LogP contribution in [0.25, 0.3) is 33.7 Å². The lowest BCUT2D eigenvalue weighted by Gasteiger charge is -2.26. The molecule has 3 heterocycles. The summed E-state index contributed by atoms with van der Waals surface area (Å²) in [5, 5.41) is 15.9. The lowest BCUT2D eigenvalue weighted by molar-refractivity contribution is 0.102. The third-order valence-electron chi connectivity index (χ3n) is 8.14. The molecule has 0 spiro atoms. The number of pyridine rings is 1. The monoisotopic (exact) mass is 643 g/mol. The smallest absolute Gasteiger partial charge is 0.274 e. The fourth-order valence-corrected chi connectivity index (χ4v) is 6.34. The van der Waals surface area contributed by atoms with E-state index in [1.165, 1.54) is 19.3 Å². The molecule has 1 aliphatic rings. The van der Waals surface area contributed by atoms with E-state index in [-0.39, 0.29) is 18.2 Å². The molecule has 232 valence electrons. The van der Waals surface area contributed by atoms with Gasteiger partial charge in [0, 0.05) is 37.0 Å². The van der Waals surface area contributed by atoms with Crippen molar-refractivity contribution >= 4 is 45.9 Å². The van der Waals surface area contributed by atoms with Crippen LogP contribution < -0.4 is 10.6 Å². The number of benzene rings is 3. The molecule has 0 saturated carbocycles. The van der Waals surface area contributed by atoms with Crippen LogP contribution in [0, 0.1) is 6.92 Å². The number of fused-ring (bicyclic) bond motifs is 1. The van der Waals surface area contributed by atoms with Crippen LogP contribution in [0.5, 0.6) is 0 Å². The van der Waals surface area contributed by atoms with E-state index in [9.17, 15) is 4.79 Å². The SMILES string of the molecule is Cc1c(-c2nc3cc(CN4CCCCC4)cc(Cl)c3o2)cccc1-c1cccc(NC(=O)c2ccc(CNCCO)cn2)c1Cl. The third-order valence-corrected chi connectivity index (χ3v) is 8.82. The number of oxazole rings is 1. The average molecular weight is 645 g/mol. The average Bonchev–Trinajstić information content (AvgIpc) is 3.48. The highest BCUT2D eigenvalue weighted by Crippen LogP contribution is 2.39.